The molecule has 30 heavy (non-hydrogen) atoms. The molecule has 0 unspecified atom stereocenters. The topological polar surface area (TPSA) is 56.8 Å². The Bertz CT molecular complexity index is 894. The number of likely N-dealkylation sites (tertiary alicyclic amines) is 1. The van der Waals surface area contributed by atoms with E-state index in [0.717, 1.165) is 30.8 Å². The average molecular weight is 445 g/mol. The summed E-state index contributed by atoms with van der Waals surface area (Å²) in [7, 11) is 0. The zero-order valence-corrected chi connectivity index (χ0v) is 18.4. The fourth-order valence-electron chi connectivity index (χ4n) is 3.79. The Morgan fingerprint density at radius 1 is 0.933 bits per heavy atom. The second-order valence-electron chi connectivity index (χ2n) is 7.57. The van der Waals surface area contributed by atoms with Gasteiger partial charge in [0, 0.05) is 55.4 Å². The van der Waals surface area contributed by atoms with Crippen LogP contribution in [0.2, 0.25) is 5.02 Å². The van der Waals surface area contributed by atoms with Crippen LogP contribution in [-0.4, -0.2) is 77.3 Å². The van der Waals surface area contributed by atoms with Gasteiger partial charge in [0.1, 0.15) is 5.03 Å². The van der Waals surface area contributed by atoms with Crippen molar-refractivity contribution in [1.82, 2.24) is 19.7 Å². The minimum absolute atomic E-state index is 0.00918. The Morgan fingerprint density at radius 3 is 2.33 bits per heavy atom. The minimum atomic E-state index is -0.00918. The van der Waals surface area contributed by atoms with E-state index in [9.17, 15) is 9.59 Å². The van der Waals surface area contributed by atoms with Crippen molar-refractivity contribution in [2.75, 3.05) is 45.8 Å². The molecule has 8 heteroatoms. The van der Waals surface area contributed by atoms with Crippen molar-refractivity contribution in [2.24, 2.45) is 0 Å². The lowest BCUT2D eigenvalue weighted by Gasteiger charge is -2.35. The summed E-state index contributed by atoms with van der Waals surface area (Å²) < 4.78 is 0. The fourth-order valence-corrected chi connectivity index (χ4v) is 4.79. The van der Waals surface area contributed by atoms with Crippen molar-refractivity contribution >= 4 is 35.2 Å². The maximum Gasteiger partial charge on any atom is 0.256 e. The zero-order chi connectivity index (χ0) is 20.9. The highest BCUT2D eigenvalue weighted by Crippen LogP contribution is 2.30. The van der Waals surface area contributed by atoms with Gasteiger partial charge in [-0.15, -0.1) is 0 Å². The lowest BCUT2D eigenvalue weighted by molar-refractivity contribution is -0.131. The van der Waals surface area contributed by atoms with Gasteiger partial charge in [0.2, 0.25) is 5.91 Å². The zero-order valence-electron chi connectivity index (χ0n) is 16.8. The van der Waals surface area contributed by atoms with E-state index in [-0.39, 0.29) is 11.8 Å². The Morgan fingerprint density at radius 2 is 1.63 bits per heavy atom. The molecule has 1 aromatic carbocycles. The number of piperazine rings is 1. The number of pyridine rings is 1. The Labute approximate surface area is 186 Å². The molecule has 0 N–H and O–H groups in total. The van der Waals surface area contributed by atoms with Crippen LogP contribution in [-0.2, 0) is 4.79 Å². The van der Waals surface area contributed by atoms with E-state index < -0.39 is 0 Å². The highest BCUT2D eigenvalue weighted by atomic mass is 35.5. The quantitative estimate of drug-likeness (QED) is 0.708. The molecule has 0 saturated carbocycles. The number of halogens is 1. The number of rotatable bonds is 5. The van der Waals surface area contributed by atoms with Crippen LogP contribution in [0.4, 0.5) is 0 Å². The SMILES string of the molecule is O=C(CN1CCN(C(=O)c2cccnc2Sc2ccc(Cl)cc2)CC1)N1CCCC1. The van der Waals surface area contributed by atoms with E-state index >= 15 is 0 Å². The van der Waals surface area contributed by atoms with Crippen molar-refractivity contribution in [1.29, 1.82) is 0 Å². The van der Waals surface area contributed by atoms with E-state index in [1.165, 1.54) is 11.8 Å². The highest BCUT2D eigenvalue weighted by molar-refractivity contribution is 7.99. The Kier molecular flexibility index (Phi) is 6.92. The molecule has 2 aliphatic rings. The molecule has 1 aromatic heterocycles. The van der Waals surface area contributed by atoms with Crippen molar-refractivity contribution in [3.05, 3.63) is 53.2 Å². The van der Waals surface area contributed by atoms with Crippen molar-refractivity contribution in [2.45, 2.75) is 22.8 Å². The lowest BCUT2D eigenvalue weighted by Crippen LogP contribution is -2.51. The number of benzene rings is 1. The molecule has 4 rings (SSSR count). The van der Waals surface area contributed by atoms with Gasteiger partial charge in [-0.2, -0.15) is 0 Å². The van der Waals surface area contributed by atoms with E-state index in [0.29, 0.717) is 48.3 Å². The average Bonchev–Trinajstić information content (AvgIpc) is 3.31. The monoisotopic (exact) mass is 444 g/mol. The smallest absolute Gasteiger partial charge is 0.256 e. The van der Waals surface area contributed by atoms with E-state index in [4.69, 9.17) is 11.6 Å². The molecule has 0 bridgehead atoms. The molecule has 0 aliphatic carbocycles. The van der Waals surface area contributed by atoms with Gasteiger partial charge >= 0.3 is 0 Å². The van der Waals surface area contributed by atoms with E-state index in [1.807, 2.05) is 40.1 Å². The number of hydrogen-bond acceptors (Lipinski definition) is 5. The molecule has 2 aliphatic heterocycles. The molecule has 0 atom stereocenters. The molecule has 2 saturated heterocycles. The summed E-state index contributed by atoms with van der Waals surface area (Å²) in [6.07, 6.45) is 3.92. The molecule has 3 heterocycles. The summed E-state index contributed by atoms with van der Waals surface area (Å²) in [5, 5.41) is 1.37. The first-order chi connectivity index (χ1) is 14.6. The van der Waals surface area contributed by atoms with E-state index in [1.54, 1.807) is 12.3 Å². The molecular weight excluding hydrogens is 420 g/mol. The van der Waals surface area contributed by atoms with Gasteiger partial charge in [-0.1, -0.05) is 23.4 Å². The van der Waals surface area contributed by atoms with Crippen LogP contribution in [0.25, 0.3) is 0 Å². The molecule has 2 aromatic rings. The third kappa shape index (κ3) is 5.14. The Hall–Kier alpha value is -2.09. The normalized spacial score (nSPS) is 17.4. The van der Waals surface area contributed by atoms with E-state index in [2.05, 4.69) is 9.88 Å². The van der Waals surface area contributed by atoms with Crippen LogP contribution in [0.1, 0.15) is 23.2 Å². The summed E-state index contributed by atoms with van der Waals surface area (Å²) in [5.41, 5.74) is 0.610. The number of amides is 2. The van der Waals surface area contributed by atoms with Crippen LogP contribution in [0, 0.1) is 0 Å². The molecule has 2 amide bonds. The fraction of sp³-hybridized carbons (Fsp3) is 0.409. The first-order valence-corrected chi connectivity index (χ1v) is 11.5. The second kappa shape index (κ2) is 9.81. The van der Waals surface area contributed by atoms with Gasteiger partial charge in [-0.3, -0.25) is 14.5 Å². The van der Waals surface area contributed by atoms with Crippen LogP contribution < -0.4 is 0 Å². The molecular formula is C22H25ClN4O2S. The summed E-state index contributed by atoms with van der Waals surface area (Å²) in [5.74, 6) is 0.200. The largest absolute Gasteiger partial charge is 0.342 e. The first-order valence-electron chi connectivity index (χ1n) is 10.3. The predicted octanol–water partition coefficient (Wildman–Crippen LogP) is 3.27. The number of nitrogens with zero attached hydrogens (tertiary/aromatic N) is 4. The van der Waals surface area contributed by atoms with Crippen molar-refractivity contribution < 1.29 is 9.59 Å². The maximum absolute atomic E-state index is 13.2. The van der Waals surface area contributed by atoms with Gasteiger partial charge in [-0.25, -0.2) is 4.98 Å². The van der Waals surface area contributed by atoms with Crippen LogP contribution in [0.5, 0.6) is 0 Å². The van der Waals surface area contributed by atoms with Crippen LogP contribution >= 0.6 is 23.4 Å². The number of hydrogen-bond donors (Lipinski definition) is 0. The van der Waals surface area contributed by atoms with Crippen molar-refractivity contribution in [3.8, 4) is 0 Å². The number of aromatic nitrogens is 1. The van der Waals surface area contributed by atoms with Gasteiger partial charge < -0.3 is 9.80 Å². The minimum Gasteiger partial charge on any atom is -0.342 e. The standard InChI is InChI=1S/C22H25ClN4O2S/c23-17-5-7-18(8-6-17)30-21-19(4-3-9-24-21)22(29)27-14-12-25(13-15-27)16-20(28)26-10-1-2-11-26/h3-9H,1-2,10-16H2. The van der Waals surface area contributed by atoms with Gasteiger partial charge in [0.15, 0.2) is 0 Å². The summed E-state index contributed by atoms with van der Waals surface area (Å²) >= 11 is 7.43. The summed E-state index contributed by atoms with van der Waals surface area (Å²) in [6, 6.07) is 11.1. The third-order valence-electron chi connectivity index (χ3n) is 5.51. The number of carbonyl (C=O) groups is 2. The maximum atomic E-state index is 13.2. The number of carbonyl (C=O) groups excluding carboxylic acids is 2. The molecule has 2 fully saturated rings. The lowest BCUT2D eigenvalue weighted by atomic mass is 10.2. The highest BCUT2D eigenvalue weighted by Gasteiger charge is 2.27. The van der Waals surface area contributed by atoms with Crippen LogP contribution in [0.15, 0.2) is 52.5 Å². The summed E-state index contributed by atoms with van der Waals surface area (Å²) in [6.45, 7) is 4.87. The molecule has 6 nitrogen and oxygen atoms in total. The predicted molar refractivity (Wildman–Crippen MR) is 118 cm³/mol. The van der Waals surface area contributed by atoms with Crippen LogP contribution in [0.3, 0.4) is 0 Å². The van der Waals surface area contributed by atoms with Crippen molar-refractivity contribution in [3.63, 3.8) is 0 Å². The van der Waals surface area contributed by atoms with Gasteiger partial charge in [0.25, 0.3) is 5.91 Å². The summed E-state index contributed by atoms with van der Waals surface area (Å²) in [4.78, 5) is 36.9. The molecule has 0 spiro atoms. The first kappa shape index (κ1) is 21.2. The van der Waals surface area contributed by atoms with Gasteiger partial charge in [0.05, 0.1) is 12.1 Å². The molecule has 158 valence electrons. The third-order valence-corrected chi connectivity index (χ3v) is 6.79. The molecule has 0 radical (unpaired) electrons. The van der Waals surface area contributed by atoms with Gasteiger partial charge in [-0.05, 0) is 49.2 Å². The second-order valence-corrected chi connectivity index (χ2v) is 9.07. The Balaban J connectivity index is 1.36.